The number of oxazole rings is 1. The number of carboxylic acids is 1. The van der Waals surface area contributed by atoms with Crippen LogP contribution in [-0.4, -0.2) is 29.0 Å². The van der Waals surface area contributed by atoms with E-state index in [1.54, 1.807) is 24.3 Å². The molecule has 1 unspecified atom stereocenters. The number of hydrogen-bond donors (Lipinski definition) is 1. The van der Waals surface area contributed by atoms with Crippen LogP contribution in [0.2, 0.25) is 0 Å². The lowest BCUT2D eigenvalue weighted by Gasteiger charge is -2.08. The molecule has 2 aromatic carbocycles. The molecule has 28 heavy (non-hydrogen) atoms. The topological polar surface area (TPSA) is 89.6 Å². The van der Waals surface area contributed by atoms with Crippen LogP contribution in [0, 0.1) is 12.8 Å². The van der Waals surface area contributed by atoms with Crippen molar-refractivity contribution < 1.29 is 23.8 Å². The Morgan fingerprint density at radius 1 is 1.18 bits per heavy atom. The van der Waals surface area contributed by atoms with Gasteiger partial charge in [0.05, 0.1) is 12.3 Å². The Bertz CT molecular complexity index is 931. The smallest absolute Gasteiger partial charge is 0.314 e. The lowest BCUT2D eigenvalue weighted by Crippen LogP contribution is -2.17. The second-order valence-electron chi connectivity index (χ2n) is 6.42. The zero-order valence-electron chi connectivity index (χ0n) is 15.5. The highest BCUT2D eigenvalue weighted by molar-refractivity contribution is 5.86. The van der Waals surface area contributed by atoms with Gasteiger partial charge in [0.1, 0.15) is 23.7 Å². The Kier molecular flexibility index (Phi) is 6.22. The van der Waals surface area contributed by atoms with Gasteiger partial charge in [0, 0.05) is 12.0 Å². The maximum atomic E-state index is 10.9. The van der Waals surface area contributed by atoms with E-state index in [4.69, 9.17) is 14.3 Å². The molecule has 1 N–H and O–H groups in total. The number of rotatable bonds is 9. The van der Waals surface area contributed by atoms with Crippen molar-refractivity contribution in [3.8, 4) is 17.2 Å². The number of carbonyl (C=O) groups excluding carboxylic acids is 1. The highest BCUT2D eigenvalue weighted by atomic mass is 16.5. The molecule has 1 heterocycles. The van der Waals surface area contributed by atoms with Gasteiger partial charge in [-0.2, -0.15) is 0 Å². The molecular formula is C22H21NO5. The van der Waals surface area contributed by atoms with E-state index < -0.39 is 11.9 Å². The van der Waals surface area contributed by atoms with Gasteiger partial charge in [-0.3, -0.25) is 4.79 Å². The van der Waals surface area contributed by atoms with Crippen LogP contribution in [0.4, 0.5) is 0 Å². The van der Waals surface area contributed by atoms with Crippen LogP contribution in [0.25, 0.3) is 11.5 Å². The molecule has 3 aromatic rings. The SMILES string of the molecule is Cc1oc(-c2ccccc2)nc1CCOc1ccc(CC(C=O)C(=O)O)cc1. The van der Waals surface area contributed by atoms with Gasteiger partial charge in [0.25, 0.3) is 0 Å². The van der Waals surface area contributed by atoms with Gasteiger partial charge in [-0.05, 0) is 43.2 Å². The molecule has 1 atom stereocenters. The Morgan fingerprint density at radius 2 is 1.89 bits per heavy atom. The number of aliphatic carboxylic acids is 1. The first kappa shape index (κ1) is 19.4. The third-order valence-electron chi connectivity index (χ3n) is 4.38. The van der Waals surface area contributed by atoms with Crippen molar-refractivity contribution in [1.82, 2.24) is 4.98 Å². The third-order valence-corrected chi connectivity index (χ3v) is 4.38. The summed E-state index contributed by atoms with van der Waals surface area (Å²) in [5.74, 6) is -0.105. The summed E-state index contributed by atoms with van der Waals surface area (Å²) in [4.78, 5) is 26.3. The molecule has 0 radical (unpaired) electrons. The molecule has 0 fully saturated rings. The van der Waals surface area contributed by atoms with Crippen LogP contribution >= 0.6 is 0 Å². The Balaban J connectivity index is 1.55. The predicted molar refractivity (Wildman–Crippen MR) is 103 cm³/mol. The molecule has 0 bridgehead atoms. The number of aromatic nitrogens is 1. The minimum Gasteiger partial charge on any atom is -0.493 e. The van der Waals surface area contributed by atoms with E-state index in [2.05, 4.69) is 4.98 Å². The van der Waals surface area contributed by atoms with E-state index in [0.29, 0.717) is 31.0 Å². The fourth-order valence-corrected chi connectivity index (χ4v) is 2.80. The van der Waals surface area contributed by atoms with E-state index in [0.717, 1.165) is 22.6 Å². The van der Waals surface area contributed by atoms with Crippen LogP contribution in [0.15, 0.2) is 59.0 Å². The number of aldehydes is 1. The standard InChI is InChI=1S/C22H21NO5/c1-15-20(23-21(28-15)17-5-3-2-4-6-17)11-12-27-19-9-7-16(8-10-19)13-18(14-24)22(25)26/h2-10,14,18H,11-13H2,1H3,(H,25,26). The van der Waals surface area contributed by atoms with Gasteiger partial charge in [-0.25, -0.2) is 4.98 Å². The molecule has 0 aliphatic heterocycles. The van der Waals surface area contributed by atoms with Crippen LogP contribution in [0.5, 0.6) is 5.75 Å². The fraction of sp³-hybridized carbons (Fsp3) is 0.227. The zero-order valence-corrected chi connectivity index (χ0v) is 15.5. The summed E-state index contributed by atoms with van der Waals surface area (Å²) >= 11 is 0. The van der Waals surface area contributed by atoms with Crippen LogP contribution < -0.4 is 4.74 Å². The minimum atomic E-state index is -1.12. The van der Waals surface area contributed by atoms with Crippen LogP contribution in [-0.2, 0) is 22.4 Å². The number of carboxylic acid groups (broad SMARTS) is 1. The van der Waals surface area contributed by atoms with Crippen molar-refractivity contribution in [2.45, 2.75) is 19.8 Å². The van der Waals surface area contributed by atoms with Gasteiger partial charge in [-0.1, -0.05) is 30.3 Å². The summed E-state index contributed by atoms with van der Waals surface area (Å²) in [7, 11) is 0. The second kappa shape index (κ2) is 8.99. The summed E-state index contributed by atoms with van der Waals surface area (Å²) in [5, 5.41) is 8.94. The van der Waals surface area contributed by atoms with Crippen molar-refractivity contribution in [1.29, 1.82) is 0 Å². The average Bonchev–Trinajstić information content (AvgIpc) is 3.08. The monoisotopic (exact) mass is 379 g/mol. The molecule has 3 rings (SSSR count). The highest BCUT2D eigenvalue weighted by Crippen LogP contribution is 2.22. The van der Waals surface area contributed by atoms with Crippen molar-refractivity contribution in [3.63, 3.8) is 0 Å². The molecule has 0 aliphatic rings. The Hall–Kier alpha value is -3.41. The molecule has 0 saturated heterocycles. The zero-order chi connectivity index (χ0) is 19.9. The molecule has 6 heteroatoms. The van der Waals surface area contributed by atoms with Gasteiger partial charge in [0.15, 0.2) is 0 Å². The quantitative estimate of drug-likeness (QED) is 0.450. The molecule has 144 valence electrons. The number of carbonyl (C=O) groups is 2. The average molecular weight is 379 g/mol. The number of nitrogens with zero attached hydrogens (tertiary/aromatic N) is 1. The van der Waals surface area contributed by atoms with Crippen molar-refractivity contribution in [3.05, 3.63) is 71.6 Å². The number of hydrogen-bond acceptors (Lipinski definition) is 5. The molecule has 1 aromatic heterocycles. The lowest BCUT2D eigenvalue weighted by atomic mass is 10.0. The number of ether oxygens (including phenoxy) is 1. The van der Waals surface area contributed by atoms with Crippen molar-refractivity contribution in [2.24, 2.45) is 5.92 Å². The molecule has 0 aliphatic carbocycles. The van der Waals surface area contributed by atoms with Gasteiger partial charge >= 0.3 is 5.97 Å². The first-order valence-electron chi connectivity index (χ1n) is 8.98. The van der Waals surface area contributed by atoms with E-state index in [9.17, 15) is 9.59 Å². The van der Waals surface area contributed by atoms with Crippen molar-refractivity contribution in [2.75, 3.05) is 6.61 Å². The lowest BCUT2D eigenvalue weighted by molar-refractivity contribution is -0.143. The normalized spacial score (nSPS) is 11.8. The van der Waals surface area contributed by atoms with E-state index in [-0.39, 0.29) is 6.42 Å². The Morgan fingerprint density at radius 3 is 2.54 bits per heavy atom. The summed E-state index contributed by atoms with van der Waals surface area (Å²) in [5.41, 5.74) is 2.56. The summed E-state index contributed by atoms with van der Waals surface area (Å²) < 4.78 is 11.5. The minimum absolute atomic E-state index is 0.166. The summed E-state index contributed by atoms with van der Waals surface area (Å²) in [6.07, 6.45) is 1.23. The number of aryl methyl sites for hydroxylation is 1. The van der Waals surface area contributed by atoms with Crippen LogP contribution in [0.1, 0.15) is 17.0 Å². The van der Waals surface area contributed by atoms with Gasteiger partial charge < -0.3 is 19.1 Å². The summed E-state index contributed by atoms with van der Waals surface area (Å²) in [6.45, 7) is 2.32. The first-order chi connectivity index (χ1) is 13.6. The van der Waals surface area contributed by atoms with Gasteiger partial charge in [-0.15, -0.1) is 0 Å². The molecule has 0 spiro atoms. The van der Waals surface area contributed by atoms with E-state index in [1.165, 1.54) is 0 Å². The number of benzene rings is 2. The predicted octanol–water partition coefficient (Wildman–Crippen LogP) is 3.71. The molecular weight excluding hydrogens is 358 g/mol. The highest BCUT2D eigenvalue weighted by Gasteiger charge is 2.16. The molecule has 0 saturated carbocycles. The Labute approximate surface area is 162 Å². The molecule has 6 nitrogen and oxygen atoms in total. The molecule has 0 amide bonds. The maximum Gasteiger partial charge on any atom is 0.314 e. The fourth-order valence-electron chi connectivity index (χ4n) is 2.80. The van der Waals surface area contributed by atoms with Crippen molar-refractivity contribution >= 4 is 12.3 Å². The van der Waals surface area contributed by atoms with E-state index >= 15 is 0 Å². The summed E-state index contributed by atoms with van der Waals surface area (Å²) in [6, 6.07) is 16.8. The van der Waals surface area contributed by atoms with E-state index in [1.807, 2.05) is 37.3 Å². The third kappa shape index (κ3) is 4.85. The van der Waals surface area contributed by atoms with Gasteiger partial charge in [0.2, 0.25) is 5.89 Å². The first-order valence-corrected chi connectivity index (χ1v) is 8.98. The van der Waals surface area contributed by atoms with Crippen LogP contribution in [0.3, 0.4) is 0 Å². The second-order valence-corrected chi connectivity index (χ2v) is 6.42. The maximum absolute atomic E-state index is 10.9. The largest absolute Gasteiger partial charge is 0.493 e.